The molecule has 1 radical (unpaired) electrons. The highest BCUT2D eigenvalue weighted by atomic mass is 16.5. The molecule has 0 aliphatic carbocycles. The van der Waals surface area contributed by atoms with Crippen LogP contribution >= 0.6 is 0 Å². The number of hydrogen-bond donors (Lipinski definition) is 1. The van der Waals surface area contributed by atoms with Gasteiger partial charge in [0.15, 0.2) is 0 Å². The van der Waals surface area contributed by atoms with Crippen molar-refractivity contribution in [2.75, 3.05) is 6.61 Å². The van der Waals surface area contributed by atoms with Crippen molar-refractivity contribution in [2.45, 2.75) is 25.7 Å². The van der Waals surface area contributed by atoms with Crippen molar-refractivity contribution in [3.63, 3.8) is 0 Å². The van der Waals surface area contributed by atoms with Crippen molar-refractivity contribution in [3.8, 4) is 0 Å². The molecular formula is C7H14NO2. The van der Waals surface area contributed by atoms with Gasteiger partial charge in [0.05, 0.1) is 7.11 Å². The van der Waals surface area contributed by atoms with Gasteiger partial charge >= 0.3 is 0 Å². The van der Waals surface area contributed by atoms with Crippen LogP contribution in [-0.4, -0.2) is 12.5 Å². The molecule has 3 nitrogen and oxygen atoms in total. The molecular weight excluding hydrogens is 130 g/mol. The fourth-order valence-corrected chi connectivity index (χ4v) is 0.680. The molecule has 0 rings (SSSR count). The summed E-state index contributed by atoms with van der Waals surface area (Å²) in [6.07, 6.45) is 3.28. The lowest BCUT2D eigenvalue weighted by Crippen LogP contribution is -2.09. The maximum Gasteiger partial charge on any atom is 0.217 e. The summed E-state index contributed by atoms with van der Waals surface area (Å²) < 4.78 is 4.58. The van der Waals surface area contributed by atoms with Gasteiger partial charge in [-0.2, -0.15) is 0 Å². The number of rotatable bonds is 6. The van der Waals surface area contributed by atoms with E-state index in [4.69, 9.17) is 5.73 Å². The maximum absolute atomic E-state index is 10.2. The van der Waals surface area contributed by atoms with Crippen molar-refractivity contribution in [1.82, 2.24) is 0 Å². The molecule has 0 saturated heterocycles. The quantitative estimate of drug-likeness (QED) is 0.561. The molecule has 0 unspecified atom stereocenters. The molecule has 1 amide bonds. The highest BCUT2D eigenvalue weighted by molar-refractivity contribution is 5.73. The van der Waals surface area contributed by atoms with Crippen molar-refractivity contribution in [1.29, 1.82) is 0 Å². The van der Waals surface area contributed by atoms with Gasteiger partial charge in [0.2, 0.25) is 5.91 Å². The highest BCUT2D eigenvalue weighted by Crippen LogP contribution is 1.98. The Morgan fingerprint density at radius 3 is 2.60 bits per heavy atom. The monoisotopic (exact) mass is 144 g/mol. The minimum atomic E-state index is -0.226. The van der Waals surface area contributed by atoms with Crippen LogP contribution in [0.3, 0.4) is 0 Å². The number of carbonyl (C=O) groups is 1. The second-order valence-electron chi connectivity index (χ2n) is 2.19. The van der Waals surface area contributed by atoms with E-state index in [-0.39, 0.29) is 5.91 Å². The number of ether oxygens (including phenoxy) is 1. The average molecular weight is 144 g/mol. The molecule has 0 aliphatic heterocycles. The van der Waals surface area contributed by atoms with Crippen LogP contribution in [0.15, 0.2) is 0 Å². The molecule has 0 aliphatic rings. The van der Waals surface area contributed by atoms with Gasteiger partial charge in [0.1, 0.15) is 0 Å². The molecule has 2 N–H and O–H groups in total. The van der Waals surface area contributed by atoms with Gasteiger partial charge in [-0.25, -0.2) is 0 Å². The van der Waals surface area contributed by atoms with E-state index in [1.807, 2.05) is 0 Å². The number of amides is 1. The minimum Gasteiger partial charge on any atom is -0.379 e. The zero-order chi connectivity index (χ0) is 7.82. The van der Waals surface area contributed by atoms with Crippen molar-refractivity contribution in [3.05, 3.63) is 7.11 Å². The molecule has 10 heavy (non-hydrogen) atoms. The normalized spacial score (nSPS) is 9.70. The van der Waals surface area contributed by atoms with Crippen LogP contribution in [-0.2, 0) is 9.53 Å². The second kappa shape index (κ2) is 6.55. The third-order valence-corrected chi connectivity index (χ3v) is 1.21. The average Bonchev–Trinajstić information content (AvgIpc) is 1.87. The lowest BCUT2D eigenvalue weighted by atomic mass is 10.2. The lowest BCUT2D eigenvalue weighted by molar-refractivity contribution is -0.118. The Balaban J connectivity index is 2.84. The first-order valence-corrected chi connectivity index (χ1v) is 3.42. The Kier molecular flexibility index (Phi) is 6.18. The van der Waals surface area contributed by atoms with Crippen LogP contribution in [0.2, 0.25) is 0 Å². The van der Waals surface area contributed by atoms with Gasteiger partial charge in [-0.3, -0.25) is 4.79 Å². The van der Waals surface area contributed by atoms with Crippen LogP contribution in [0, 0.1) is 7.11 Å². The summed E-state index contributed by atoms with van der Waals surface area (Å²) in [5.41, 5.74) is 4.92. The Hall–Kier alpha value is -0.570. The summed E-state index contributed by atoms with van der Waals surface area (Å²) in [5, 5.41) is 0. The molecule has 0 saturated carbocycles. The van der Waals surface area contributed by atoms with E-state index < -0.39 is 0 Å². The highest BCUT2D eigenvalue weighted by Gasteiger charge is 1.92. The molecule has 59 valence electrons. The fraction of sp³-hybridized carbons (Fsp3) is 0.714. The summed E-state index contributed by atoms with van der Waals surface area (Å²) in [7, 11) is 3.23. The van der Waals surface area contributed by atoms with E-state index in [1.54, 1.807) is 0 Å². The van der Waals surface area contributed by atoms with Crippen LogP contribution in [0.25, 0.3) is 0 Å². The number of nitrogens with two attached hydrogens (primary N) is 1. The summed E-state index contributed by atoms with van der Waals surface area (Å²) in [4.78, 5) is 10.2. The van der Waals surface area contributed by atoms with E-state index in [0.717, 1.165) is 19.3 Å². The fourth-order valence-electron chi connectivity index (χ4n) is 0.680. The van der Waals surface area contributed by atoms with Gasteiger partial charge in [-0.05, 0) is 12.8 Å². The van der Waals surface area contributed by atoms with E-state index in [1.165, 1.54) is 0 Å². The van der Waals surface area contributed by atoms with Crippen molar-refractivity contribution >= 4 is 5.91 Å². The van der Waals surface area contributed by atoms with E-state index >= 15 is 0 Å². The Bertz CT molecular complexity index is 93.6. The summed E-state index contributed by atoms with van der Waals surface area (Å²) in [6.45, 7) is 0.665. The first-order chi connectivity index (χ1) is 4.77. The van der Waals surface area contributed by atoms with E-state index in [0.29, 0.717) is 13.0 Å². The molecule has 0 fully saturated rings. The van der Waals surface area contributed by atoms with Crippen molar-refractivity contribution < 1.29 is 9.53 Å². The minimum absolute atomic E-state index is 0.226. The number of unbranched alkanes of at least 4 members (excludes halogenated alkanes) is 2. The number of primary amides is 1. The molecule has 0 bridgehead atoms. The first-order valence-electron chi connectivity index (χ1n) is 3.42. The molecule has 0 spiro atoms. The van der Waals surface area contributed by atoms with Gasteiger partial charge in [0, 0.05) is 13.0 Å². The second-order valence-corrected chi connectivity index (χ2v) is 2.19. The number of carbonyl (C=O) groups excluding carboxylic acids is 1. The third-order valence-electron chi connectivity index (χ3n) is 1.21. The molecule has 0 aromatic rings. The Labute approximate surface area is 61.5 Å². The summed E-state index contributed by atoms with van der Waals surface area (Å²) in [6, 6.07) is 0. The predicted molar refractivity (Wildman–Crippen MR) is 39.0 cm³/mol. The van der Waals surface area contributed by atoms with E-state index in [9.17, 15) is 4.79 Å². The molecule has 0 atom stereocenters. The summed E-state index contributed by atoms with van der Waals surface area (Å²) >= 11 is 0. The zero-order valence-corrected chi connectivity index (χ0v) is 6.14. The molecule has 0 heterocycles. The molecule has 0 aromatic heterocycles. The van der Waals surface area contributed by atoms with E-state index in [2.05, 4.69) is 11.8 Å². The van der Waals surface area contributed by atoms with Gasteiger partial charge < -0.3 is 10.5 Å². The zero-order valence-electron chi connectivity index (χ0n) is 6.14. The SMILES string of the molecule is [CH2]OCCCCCC(N)=O. The van der Waals surface area contributed by atoms with Crippen LogP contribution < -0.4 is 5.73 Å². The molecule has 3 heteroatoms. The van der Waals surface area contributed by atoms with Gasteiger partial charge in [-0.15, -0.1) is 0 Å². The number of hydrogen-bond acceptors (Lipinski definition) is 2. The Morgan fingerprint density at radius 1 is 1.40 bits per heavy atom. The predicted octanol–water partition coefficient (Wildman–Crippen LogP) is 0.840. The topological polar surface area (TPSA) is 52.3 Å². The largest absolute Gasteiger partial charge is 0.379 e. The van der Waals surface area contributed by atoms with Crippen LogP contribution in [0.1, 0.15) is 25.7 Å². The summed E-state index contributed by atoms with van der Waals surface area (Å²) in [5.74, 6) is -0.226. The third kappa shape index (κ3) is 7.43. The first kappa shape index (κ1) is 9.43. The van der Waals surface area contributed by atoms with Crippen molar-refractivity contribution in [2.24, 2.45) is 5.73 Å². The Morgan fingerprint density at radius 2 is 2.10 bits per heavy atom. The van der Waals surface area contributed by atoms with Crippen LogP contribution in [0.5, 0.6) is 0 Å². The van der Waals surface area contributed by atoms with Gasteiger partial charge in [0.25, 0.3) is 0 Å². The van der Waals surface area contributed by atoms with Crippen LogP contribution in [0.4, 0.5) is 0 Å². The molecule has 0 aromatic carbocycles. The van der Waals surface area contributed by atoms with Gasteiger partial charge in [-0.1, -0.05) is 6.42 Å². The lowest BCUT2D eigenvalue weighted by Gasteiger charge is -1.96. The maximum atomic E-state index is 10.2. The standard InChI is InChI=1S/C7H14NO2/c1-10-6-4-2-3-5-7(8)9/h1-6H2,(H2,8,9). The smallest absolute Gasteiger partial charge is 0.217 e.